The van der Waals surface area contributed by atoms with E-state index in [1.807, 2.05) is 29.1 Å². The minimum atomic E-state index is -3.16. The Morgan fingerprint density at radius 3 is 2.73 bits per heavy atom. The van der Waals surface area contributed by atoms with E-state index in [1.54, 1.807) is 14.0 Å². The number of hydrogen-bond donors (Lipinski definition) is 1. The molecule has 1 N–H and O–H groups in total. The number of fused-ring (bicyclic) bond motifs is 1. The summed E-state index contributed by atoms with van der Waals surface area (Å²) in [5.41, 5.74) is 2.39. The van der Waals surface area contributed by atoms with Gasteiger partial charge in [-0.3, -0.25) is 9.58 Å². The van der Waals surface area contributed by atoms with E-state index >= 15 is 0 Å². The van der Waals surface area contributed by atoms with Crippen LogP contribution in [0.15, 0.2) is 36.5 Å². The highest BCUT2D eigenvalue weighted by molar-refractivity contribution is 7.89. The molecule has 1 aliphatic rings. The average Bonchev–Trinajstić information content (AvgIpc) is 3.11. The summed E-state index contributed by atoms with van der Waals surface area (Å²) in [6.45, 7) is 4.59. The monoisotopic (exact) mass is 378 g/mol. The van der Waals surface area contributed by atoms with Crippen molar-refractivity contribution in [3.8, 4) is 5.75 Å². The minimum Gasteiger partial charge on any atom is -0.497 e. The Morgan fingerprint density at radius 2 is 2.04 bits per heavy atom. The summed E-state index contributed by atoms with van der Waals surface area (Å²) in [6, 6.07) is 10.3. The molecule has 0 spiro atoms. The number of benzene rings is 1. The highest BCUT2D eigenvalue weighted by Crippen LogP contribution is 2.24. The average molecular weight is 378 g/mol. The molecule has 0 saturated heterocycles. The second-order valence-electron chi connectivity index (χ2n) is 6.53. The molecule has 2 aromatic rings. The fraction of sp³-hybridized carbons (Fsp3) is 0.500. The predicted octanol–water partition coefficient (Wildman–Crippen LogP) is 1.78. The van der Waals surface area contributed by atoms with Crippen LogP contribution >= 0.6 is 0 Å². The lowest BCUT2D eigenvalue weighted by Gasteiger charge is -2.34. The van der Waals surface area contributed by atoms with Crippen LogP contribution in [0.5, 0.6) is 5.75 Å². The molecule has 0 unspecified atom stereocenters. The van der Waals surface area contributed by atoms with E-state index in [0.29, 0.717) is 13.0 Å². The molecule has 0 bridgehead atoms. The molecule has 1 aromatic heterocycles. The molecule has 1 aromatic carbocycles. The summed E-state index contributed by atoms with van der Waals surface area (Å²) in [4.78, 5) is 2.37. The van der Waals surface area contributed by atoms with Gasteiger partial charge < -0.3 is 4.74 Å². The lowest BCUT2D eigenvalue weighted by molar-refractivity contribution is 0.162. The first-order valence-corrected chi connectivity index (χ1v) is 10.5. The molecule has 0 amide bonds. The molecule has 8 heteroatoms. The molecule has 7 nitrogen and oxygen atoms in total. The molecule has 0 aliphatic carbocycles. The summed E-state index contributed by atoms with van der Waals surface area (Å²) < 4.78 is 33.2. The first kappa shape index (κ1) is 18.9. The van der Waals surface area contributed by atoms with E-state index in [4.69, 9.17) is 4.74 Å². The topological polar surface area (TPSA) is 76.5 Å². The molecule has 142 valence electrons. The lowest BCUT2D eigenvalue weighted by atomic mass is 10.1. The Bertz CT molecular complexity index is 817. The van der Waals surface area contributed by atoms with Crippen molar-refractivity contribution in [3.05, 3.63) is 47.8 Å². The largest absolute Gasteiger partial charge is 0.497 e. The van der Waals surface area contributed by atoms with Crippen molar-refractivity contribution in [2.45, 2.75) is 32.5 Å². The van der Waals surface area contributed by atoms with Crippen molar-refractivity contribution < 1.29 is 13.2 Å². The van der Waals surface area contributed by atoms with Crippen molar-refractivity contribution in [3.63, 3.8) is 0 Å². The van der Waals surface area contributed by atoms with Crippen LogP contribution in [-0.2, 0) is 23.1 Å². The van der Waals surface area contributed by atoms with Gasteiger partial charge in [0.15, 0.2) is 0 Å². The number of nitrogens with zero attached hydrogens (tertiary/aromatic N) is 3. The van der Waals surface area contributed by atoms with Gasteiger partial charge >= 0.3 is 0 Å². The molecule has 1 atom stereocenters. The second-order valence-corrected chi connectivity index (χ2v) is 8.62. The number of rotatable bonds is 8. The van der Waals surface area contributed by atoms with Gasteiger partial charge in [0.2, 0.25) is 10.0 Å². The molecule has 1 aliphatic heterocycles. The van der Waals surface area contributed by atoms with Gasteiger partial charge in [-0.2, -0.15) is 5.10 Å². The van der Waals surface area contributed by atoms with E-state index in [1.165, 1.54) is 5.56 Å². The normalized spacial score (nSPS) is 17.8. The zero-order chi connectivity index (χ0) is 18.6. The highest BCUT2D eigenvalue weighted by Gasteiger charge is 2.25. The summed E-state index contributed by atoms with van der Waals surface area (Å²) in [5.74, 6) is 0.959. The number of ether oxygens (including phenoxy) is 1. The molecular formula is C18H26N4O3S. The van der Waals surface area contributed by atoms with E-state index < -0.39 is 10.0 Å². The van der Waals surface area contributed by atoms with Gasteiger partial charge in [0.1, 0.15) is 5.75 Å². The van der Waals surface area contributed by atoms with Gasteiger partial charge in [-0.25, -0.2) is 13.1 Å². The fourth-order valence-corrected chi connectivity index (χ4v) is 3.90. The molecule has 2 heterocycles. The van der Waals surface area contributed by atoms with Gasteiger partial charge in [0.05, 0.1) is 24.6 Å². The second kappa shape index (κ2) is 8.20. The fourth-order valence-electron chi connectivity index (χ4n) is 3.27. The third-order valence-electron chi connectivity index (χ3n) is 4.70. The molecule has 26 heavy (non-hydrogen) atoms. The standard InChI is InChI=1S/C18H26N4O3S/c1-3-26(23,24)20-11-9-17-14-21(13-16-8-10-19-22(16)17)12-15-4-6-18(25-2)7-5-15/h4-8,10,17,20H,3,9,11-14H2,1-2H3/t17-/m1/s1. The smallest absolute Gasteiger partial charge is 0.211 e. The van der Waals surface area contributed by atoms with Crippen LogP contribution in [0.3, 0.4) is 0 Å². The number of aromatic nitrogens is 2. The van der Waals surface area contributed by atoms with E-state index in [2.05, 4.69) is 26.9 Å². The van der Waals surface area contributed by atoms with Gasteiger partial charge in [-0.1, -0.05) is 12.1 Å². The van der Waals surface area contributed by atoms with Gasteiger partial charge in [0.25, 0.3) is 0 Å². The lowest BCUT2D eigenvalue weighted by Crippen LogP contribution is -2.39. The Kier molecular flexibility index (Phi) is 5.95. The maximum atomic E-state index is 11.6. The van der Waals surface area contributed by atoms with Gasteiger partial charge in [-0.15, -0.1) is 0 Å². The third-order valence-corrected chi connectivity index (χ3v) is 6.10. The SMILES string of the molecule is CCS(=O)(=O)NCC[C@@H]1CN(Cc2ccc(OC)cc2)Cc2ccnn21. The Balaban J connectivity index is 1.64. The van der Waals surface area contributed by atoms with Crippen molar-refractivity contribution >= 4 is 10.0 Å². The Labute approximate surface area is 155 Å². The van der Waals surface area contributed by atoms with E-state index in [-0.39, 0.29) is 11.8 Å². The van der Waals surface area contributed by atoms with E-state index in [0.717, 1.165) is 31.1 Å². The first-order chi connectivity index (χ1) is 12.5. The van der Waals surface area contributed by atoms with Gasteiger partial charge in [-0.05, 0) is 37.1 Å². The Hall–Kier alpha value is -1.90. The maximum Gasteiger partial charge on any atom is 0.211 e. The maximum absolute atomic E-state index is 11.6. The Morgan fingerprint density at radius 1 is 1.27 bits per heavy atom. The number of hydrogen-bond acceptors (Lipinski definition) is 5. The molecule has 0 saturated carbocycles. The molecule has 0 radical (unpaired) electrons. The zero-order valence-electron chi connectivity index (χ0n) is 15.3. The predicted molar refractivity (Wildman–Crippen MR) is 100 cm³/mol. The van der Waals surface area contributed by atoms with Crippen LogP contribution in [0.1, 0.15) is 30.6 Å². The molecule has 3 rings (SSSR count). The summed E-state index contributed by atoms with van der Waals surface area (Å²) in [5, 5.41) is 4.43. The van der Waals surface area contributed by atoms with Crippen LogP contribution in [0.2, 0.25) is 0 Å². The van der Waals surface area contributed by atoms with Crippen molar-refractivity contribution in [1.82, 2.24) is 19.4 Å². The number of sulfonamides is 1. The van der Waals surface area contributed by atoms with Crippen molar-refractivity contribution in [1.29, 1.82) is 0 Å². The third kappa shape index (κ3) is 4.63. The summed E-state index contributed by atoms with van der Waals surface area (Å²) in [7, 11) is -1.49. The minimum absolute atomic E-state index is 0.105. The number of methoxy groups -OCH3 is 1. The quantitative estimate of drug-likeness (QED) is 0.758. The van der Waals surface area contributed by atoms with Crippen molar-refractivity contribution in [2.24, 2.45) is 0 Å². The van der Waals surface area contributed by atoms with Crippen LogP contribution in [0, 0.1) is 0 Å². The van der Waals surface area contributed by atoms with E-state index in [9.17, 15) is 8.42 Å². The van der Waals surface area contributed by atoms with Gasteiger partial charge in [0, 0.05) is 32.4 Å². The van der Waals surface area contributed by atoms with Crippen molar-refractivity contribution in [2.75, 3.05) is 26.0 Å². The first-order valence-electron chi connectivity index (χ1n) is 8.85. The van der Waals surface area contributed by atoms with Crippen LogP contribution < -0.4 is 9.46 Å². The summed E-state index contributed by atoms with van der Waals surface area (Å²) >= 11 is 0. The van der Waals surface area contributed by atoms with Crippen LogP contribution in [0.25, 0.3) is 0 Å². The van der Waals surface area contributed by atoms with Crippen LogP contribution in [-0.4, -0.2) is 49.1 Å². The molecular weight excluding hydrogens is 352 g/mol. The highest BCUT2D eigenvalue weighted by atomic mass is 32.2. The summed E-state index contributed by atoms with van der Waals surface area (Å²) in [6.07, 6.45) is 2.53. The zero-order valence-corrected chi connectivity index (χ0v) is 16.1. The van der Waals surface area contributed by atoms with Crippen LogP contribution in [0.4, 0.5) is 0 Å². The molecule has 0 fully saturated rings. The number of nitrogens with one attached hydrogen (secondary N) is 1.